The van der Waals surface area contributed by atoms with E-state index in [4.69, 9.17) is 0 Å². The number of aromatic amines is 1. The molecule has 0 saturated carbocycles. The van der Waals surface area contributed by atoms with Gasteiger partial charge in [0, 0.05) is 52.1 Å². The molecule has 1 aromatic heterocycles. The topological polar surface area (TPSA) is 73.1 Å². The number of nitrogens with one attached hydrogen (secondary N) is 3. The molecule has 124 valence electrons. The number of hydrogen-bond donors (Lipinski definition) is 3. The summed E-state index contributed by atoms with van der Waals surface area (Å²) in [6.45, 7) is 7.91. The average Bonchev–Trinajstić information content (AvgIpc) is 2.99. The van der Waals surface area contributed by atoms with Crippen molar-refractivity contribution in [1.29, 1.82) is 0 Å². The third-order valence-electron chi connectivity index (χ3n) is 4.31. The Hall–Kier alpha value is -1.92. The molecule has 3 rings (SSSR count). The van der Waals surface area contributed by atoms with Gasteiger partial charge in [-0.15, -0.1) is 0 Å². The molecule has 0 unspecified atom stereocenters. The summed E-state index contributed by atoms with van der Waals surface area (Å²) >= 11 is 0. The first-order valence-corrected chi connectivity index (χ1v) is 8.36. The van der Waals surface area contributed by atoms with Crippen LogP contribution in [0.4, 0.5) is 0 Å². The molecule has 1 aromatic carbocycles. The first-order valence-electron chi connectivity index (χ1n) is 8.36. The maximum absolute atomic E-state index is 12.0. The average molecular weight is 315 g/mol. The van der Waals surface area contributed by atoms with Crippen molar-refractivity contribution in [2.75, 3.05) is 39.3 Å². The Kier molecular flexibility index (Phi) is 5.25. The highest BCUT2D eigenvalue weighted by atomic mass is 16.1. The minimum atomic E-state index is 0.0947. The fourth-order valence-electron chi connectivity index (χ4n) is 2.95. The molecular weight excluding hydrogens is 290 g/mol. The monoisotopic (exact) mass is 315 g/mol. The summed E-state index contributed by atoms with van der Waals surface area (Å²) in [6, 6.07) is 6.09. The Morgan fingerprint density at radius 1 is 1.35 bits per heavy atom. The summed E-state index contributed by atoms with van der Waals surface area (Å²) in [4.78, 5) is 22.2. The van der Waals surface area contributed by atoms with E-state index in [9.17, 15) is 4.79 Å². The first-order chi connectivity index (χ1) is 11.2. The third-order valence-corrected chi connectivity index (χ3v) is 4.31. The lowest BCUT2D eigenvalue weighted by molar-refractivity contribution is -0.121. The van der Waals surface area contributed by atoms with Crippen LogP contribution in [-0.2, 0) is 11.2 Å². The highest BCUT2D eigenvalue weighted by Gasteiger charge is 2.10. The van der Waals surface area contributed by atoms with E-state index in [1.54, 1.807) is 0 Å². The number of carbonyl (C=O) groups excluding carboxylic acids is 1. The molecular formula is C17H25N5O. The number of H-pyrrole nitrogens is 1. The van der Waals surface area contributed by atoms with Crippen molar-refractivity contribution < 1.29 is 4.79 Å². The zero-order valence-electron chi connectivity index (χ0n) is 13.7. The SMILES string of the molecule is Cc1cccc2[nH]c(CCC(=O)NCCN3CCNCC3)nc12. The van der Waals surface area contributed by atoms with Crippen LogP contribution in [0, 0.1) is 6.92 Å². The predicted molar refractivity (Wildman–Crippen MR) is 91.5 cm³/mol. The Bertz CT molecular complexity index is 660. The van der Waals surface area contributed by atoms with E-state index in [2.05, 4.69) is 38.5 Å². The number of nitrogens with zero attached hydrogens (tertiary/aromatic N) is 2. The number of imidazole rings is 1. The van der Waals surface area contributed by atoms with Crippen molar-refractivity contribution in [3.05, 3.63) is 29.6 Å². The highest BCUT2D eigenvalue weighted by Crippen LogP contribution is 2.15. The van der Waals surface area contributed by atoms with Gasteiger partial charge >= 0.3 is 0 Å². The van der Waals surface area contributed by atoms with Crippen LogP contribution in [0.25, 0.3) is 11.0 Å². The molecule has 2 aromatic rings. The van der Waals surface area contributed by atoms with Crippen molar-refractivity contribution in [1.82, 2.24) is 25.5 Å². The Labute approximate surface area is 136 Å². The molecule has 6 heteroatoms. The van der Waals surface area contributed by atoms with Crippen molar-refractivity contribution in [3.63, 3.8) is 0 Å². The van der Waals surface area contributed by atoms with Gasteiger partial charge in [-0.1, -0.05) is 12.1 Å². The fraction of sp³-hybridized carbons (Fsp3) is 0.529. The summed E-state index contributed by atoms with van der Waals surface area (Å²) in [7, 11) is 0. The van der Waals surface area contributed by atoms with Gasteiger partial charge in [-0.2, -0.15) is 0 Å². The van der Waals surface area contributed by atoms with Gasteiger partial charge in [-0.3, -0.25) is 9.69 Å². The van der Waals surface area contributed by atoms with E-state index in [1.807, 2.05) is 12.1 Å². The first kappa shape index (κ1) is 16.0. The van der Waals surface area contributed by atoms with E-state index in [1.165, 1.54) is 0 Å². The number of para-hydroxylation sites is 1. The zero-order chi connectivity index (χ0) is 16.1. The second-order valence-electron chi connectivity index (χ2n) is 6.10. The zero-order valence-corrected chi connectivity index (χ0v) is 13.7. The van der Waals surface area contributed by atoms with E-state index in [0.29, 0.717) is 12.8 Å². The lowest BCUT2D eigenvalue weighted by Crippen LogP contribution is -2.46. The summed E-state index contributed by atoms with van der Waals surface area (Å²) in [5.74, 6) is 0.976. The summed E-state index contributed by atoms with van der Waals surface area (Å²) in [5.41, 5.74) is 3.20. The van der Waals surface area contributed by atoms with Gasteiger partial charge in [0.2, 0.25) is 5.91 Å². The smallest absolute Gasteiger partial charge is 0.220 e. The largest absolute Gasteiger partial charge is 0.355 e. The number of piperazine rings is 1. The maximum Gasteiger partial charge on any atom is 0.220 e. The molecule has 0 spiro atoms. The lowest BCUT2D eigenvalue weighted by Gasteiger charge is -2.27. The molecule has 1 saturated heterocycles. The van der Waals surface area contributed by atoms with E-state index >= 15 is 0 Å². The number of benzene rings is 1. The lowest BCUT2D eigenvalue weighted by atomic mass is 10.2. The molecule has 1 amide bonds. The molecule has 0 radical (unpaired) electrons. The van der Waals surface area contributed by atoms with Gasteiger partial charge in [-0.25, -0.2) is 4.98 Å². The molecule has 6 nitrogen and oxygen atoms in total. The molecule has 0 atom stereocenters. The number of fused-ring (bicyclic) bond motifs is 1. The molecule has 0 bridgehead atoms. The van der Waals surface area contributed by atoms with Crippen LogP contribution in [0.3, 0.4) is 0 Å². The van der Waals surface area contributed by atoms with Crippen molar-refractivity contribution >= 4 is 16.9 Å². The molecule has 1 aliphatic heterocycles. The van der Waals surface area contributed by atoms with E-state index < -0.39 is 0 Å². The fourth-order valence-corrected chi connectivity index (χ4v) is 2.95. The number of amides is 1. The molecule has 3 N–H and O–H groups in total. The number of aryl methyl sites for hydroxylation is 2. The van der Waals surface area contributed by atoms with Crippen molar-refractivity contribution in [3.8, 4) is 0 Å². The Morgan fingerprint density at radius 3 is 2.96 bits per heavy atom. The highest BCUT2D eigenvalue weighted by molar-refractivity contribution is 5.79. The molecule has 23 heavy (non-hydrogen) atoms. The predicted octanol–water partition coefficient (Wildman–Crippen LogP) is 0.825. The van der Waals surface area contributed by atoms with Crippen LogP contribution in [0.1, 0.15) is 17.8 Å². The van der Waals surface area contributed by atoms with Gasteiger partial charge in [0.05, 0.1) is 11.0 Å². The number of rotatable bonds is 6. The van der Waals surface area contributed by atoms with Gasteiger partial charge in [-0.05, 0) is 18.6 Å². The van der Waals surface area contributed by atoms with Crippen LogP contribution < -0.4 is 10.6 Å². The van der Waals surface area contributed by atoms with Gasteiger partial charge in [0.25, 0.3) is 0 Å². The number of aromatic nitrogens is 2. The summed E-state index contributed by atoms with van der Waals surface area (Å²) in [5, 5.41) is 6.33. The minimum absolute atomic E-state index is 0.0947. The van der Waals surface area contributed by atoms with Crippen molar-refractivity contribution in [2.24, 2.45) is 0 Å². The van der Waals surface area contributed by atoms with Gasteiger partial charge < -0.3 is 15.6 Å². The van der Waals surface area contributed by atoms with Crippen LogP contribution >= 0.6 is 0 Å². The van der Waals surface area contributed by atoms with Crippen LogP contribution in [0.2, 0.25) is 0 Å². The standard InChI is InChI=1S/C17H25N5O/c1-13-3-2-4-14-17(13)21-15(20-14)5-6-16(23)19-9-12-22-10-7-18-8-11-22/h2-4,18H,5-12H2,1H3,(H,19,23)(H,20,21). The second-order valence-corrected chi connectivity index (χ2v) is 6.10. The van der Waals surface area contributed by atoms with Gasteiger partial charge in [0.1, 0.15) is 5.82 Å². The normalized spacial score (nSPS) is 15.9. The number of carbonyl (C=O) groups is 1. The third kappa shape index (κ3) is 4.30. The van der Waals surface area contributed by atoms with Crippen LogP contribution in [0.15, 0.2) is 18.2 Å². The molecule has 0 aliphatic carbocycles. The number of hydrogen-bond acceptors (Lipinski definition) is 4. The van der Waals surface area contributed by atoms with Crippen LogP contribution in [0.5, 0.6) is 0 Å². The quantitative estimate of drug-likeness (QED) is 0.738. The Morgan fingerprint density at radius 2 is 2.17 bits per heavy atom. The Balaban J connectivity index is 1.42. The van der Waals surface area contributed by atoms with Crippen LogP contribution in [-0.4, -0.2) is 60.0 Å². The molecule has 1 fully saturated rings. The minimum Gasteiger partial charge on any atom is -0.355 e. The maximum atomic E-state index is 12.0. The van der Waals surface area contributed by atoms with Crippen molar-refractivity contribution in [2.45, 2.75) is 19.8 Å². The summed E-state index contributed by atoms with van der Waals surface area (Å²) in [6.07, 6.45) is 1.12. The molecule has 1 aliphatic rings. The molecule has 2 heterocycles. The second kappa shape index (κ2) is 7.57. The van der Waals surface area contributed by atoms with Gasteiger partial charge in [0.15, 0.2) is 0 Å². The summed E-state index contributed by atoms with van der Waals surface area (Å²) < 4.78 is 0. The van der Waals surface area contributed by atoms with E-state index in [-0.39, 0.29) is 5.91 Å². The van der Waals surface area contributed by atoms with E-state index in [0.717, 1.165) is 61.7 Å².